The molecule has 1 aliphatic carbocycles. The van der Waals surface area contributed by atoms with Crippen LogP contribution < -0.4 is 5.32 Å². The molecule has 0 aliphatic heterocycles. The third kappa shape index (κ3) is 2.63. The number of nitriles is 1. The second-order valence-electron chi connectivity index (χ2n) is 5.35. The van der Waals surface area contributed by atoms with Gasteiger partial charge in [0, 0.05) is 12.6 Å². The van der Waals surface area contributed by atoms with Crippen LogP contribution in [0.5, 0.6) is 0 Å². The van der Waals surface area contributed by atoms with Gasteiger partial charge in [-0.05, 0) is 32.3 Å². The maximum absolute atomic E-state index is 9.43. The van der Waals surface area contributed by atoms with Crippen LogP contribution in [0.2, 0.25) is 0 Å². The molecule has 1 fully saturated rings. The van der Waals surface area contributed by atoms with Crippen molar-refractivity contribution < 1.29 is 0 Å². The van der Waals surface area contributed by atoms with Crippen LogP contribution in [0, 0.1) is 11.3 Å². The van der Waals surface area contributed by atoms with Gasteiger partial charge in [0.05, 0.1) is 11.5 Å². The Morgan fingerprint density at radius 2 is 2.06 bits per heavy atom. The molecule has 0 spiro atoms. The van der Waals surface area contributed by atoms with Crippen LogP contribution in [0.4, 0.5) is 0 Å². The van der Waals surface area contributed by atoms with Crippen molar-refractivity contribution in [2.24, 2.45) is 0 Å². The molecule has 0 saturated heterocycles. The highest BCUT2D eigenvalue weighted by molar-refractivity contribution is 5.36. The Bertz CT molecular complexity index is 458. The Kier molecular flexibility index (Phi) is 3.84. The van der Waals surface area contributed by atoms with Crippen molar-refractivity contribution in [3.05, 3.63) is 47.5 Å². The largest absolute Gasteiger partial charge is 0.310 e. The number of hydrogen-bond acceptors (Lipinski definition) is 2. The second kappa shape index (κ2) is 5.37. The quantitative estimate of drug-likeness (QED) is 0.821. The molecular weight excluding hydrogens is 220 g/mol. The summed E-state index contributed by atoms with van der Waals surface area (Å²) in [7, 11) is 0. The fourth-order valence-electron chi connectivity index (χ4n) is 2.50. The Morgan fingerprint density at radius 1 is 1.39 bits per heavy atom. The first kappa shape index (κ1) is 12.9. The maximum atomic E-state index is 9.43. The molecule has 0 unspecified atom stereocenters. The summed E-state index contributed by atoms with van der Waals surface area (Å²) in [5, 5.41) is 12.9. The SMILES string of the molecule is CC(C)=CCNC1CC(C#N)(c2ccccc2)C1. The van der Waals surface area contributed by atoms with Gasteiger partial charge in [0.1, 0.15) is 0 Å². The van der Waals surface area contributed by atoms with Crippen molar-refractivity contribution in [3.8, 4) is 6.07 Å². The summed E-state index contributed by atoms with van der Waals surface area (Å²) < 4.78 is 0. The monoisotopic (exact) mass is 240 g/mol. The summed E-state index contributed by atoms with van der Waals surface area (Å²) in [6.07, 6.45) is 4.03. The maximum Gasteiger partial charge on any atom is 0.0852 e. The van der Waals surface area contributed by atoms with Crippen molar-refractivity contribution in [2.45, 2.75) is 38.1 Å². The van der Waals surface area contributed by atoms with E-state index in [0.717, 1.165) is 24.9 Å². The van der Waals surface area contributed by atoms with E-state index in [1.807, 2.05) is 18.2 Å². The van der Waals surface area contributed by atoms with Crippen molar-refractivity contribution in [1.82, 2.24) is 5.32 Å². The molecule has 1 saturated carbocycles. The highest BCUT2D eigenvalue weighted by atomic mass is 14.9. The molecule has 2 nitrogen and oxygen atoms in total. The van der Waals surface area contributed by atoms with E-state index in [4.69, 9.17) is 0 Å². The molecule has 1 aromatic rings. The van der Waals surface area contributed by atoms with E-state index in [0.29, 0.717) is 6.04 Å². The van der Waals surface area contributed by atoms with E-state index in [1.54, 1.807) is 0 Å². The van der Waals surface area contributed by atoms with Crippen LogP contribution in [-0.4, -0.2) is 12.6 Å². The van der Waals surface area contributed by atoms with Crippen molar-refractivity contribution in [2.75, 3.05) is 6.54 Å². The first-order valence-electron chi connectivity index (χ1n) is 6.50. The van der Waals surface area contributed by atoms with E-state index < -0.39 is 0 Å². The fourth-order valence-corrected chi connectivity index (χ4v) is 2.50. The molecule has 0 radical (unpaired) electrons. The Balaban J connectivity index is 1.93. The zero-order valence-electron chi connectivity index (χ0n) is 11.1. The van der Waals surface area contributed by atoms with Crippen LogP contribution in [0.25, 0.3) is 0 Å². The van der Waals surface area contributed by atoms with Crippen molar-refractivity contribution in [3.63, 3.8) is 0 Å². The molecule has 0 atom stereocenters. The lowest BCUT2D eigenvalue weighted by Crippen LogP contribution is -2.50. The smallest absolute Gasteiger partial charge is 0.0852 e. The Morgan fingerprint density at radius 3 is 2.61 bits per heavy atom. The lowest BCUT2D eigenvalue weighted by Gasteiger charge is -2.43. The van der Waals surface area contributed by atoms with Crippen LogP contribution in [-0.2, 0) is 5.41 Å². The standard InChI is InChI=1S/C16H20N2/c1-13(2)8-9-18-15-10-16(11-15,12-17)14-6-4-3-5-7-14/h3-8,15,18H,9-11H2,1-2H3. The van der Waals surface area contributed by atoms with Crippen LogP contribution >= 0.6 is 0 Å². The van der Waals surface area contributed by atoms with Gasteiger partial charge in [-0.1, -0.05) is 42.0 Å². The molecule has 2 heteroatoms. The number of benzene rings is 1. The number of rotatable bonds is 4. The normalized spacial score (nSPS) is 25.9. The average molecular weight is 240 g/mol. The summed E-state index contributed by atoms with van der Waals surface area (Å²) >= 11 is 0. The van der Waals surface area contributed by atoms with Gasteiger partial charge in [-0.25, -0.2) is 0 Å². The topological polar surface area (TPSA) is 35.8 Å². The molecule has 2 rings (SSSR count). The van der Waals surface area contributed by atoms with Crippen LogP contribution in [0.15, 0.2) is 42.0 Å². The van der Waals surface area contributed by atoms with Crippen molar-refractivity contribution >= 4 is 0 Å². The van der Waals surface area contributed by atoms with Gasteiger partial charge < -0.3 is 5.32 Å². The number of nitrogens with zero attached hydrogens (tertiary/aromatic N) is 1. The third-order valence-electron chi connectivity index (χ3n) is 3.65. The molecule has 1 N–H and O–H groups in total. The summed E-state index contributed by atoms with van der Waals surface area (Å²) in [6.45, 7) is 5.11. The zero-order valence-corrected chi connectivity index (χ0v) is 11.1. The molecule has 94 valence electrons. The summed E-state index contributed by atoms with van der Waals surface area (Å²) in [4.78, 5) is 0. The molecule has 0 amide bonds. The van der Waals surface area contributed by atoms with E-state index in [2.05, 4.69) is 43.4 Å². The number of allylic oxidation sites excluding steroid dienone is 1. The van der Waals surface area contributed by atoms with Gasteiger partial charge >= 0.3 is 0 Å². The third-order valence-corrected chi connectivity index (χ3v) is 3.65. The van der Waals surface area contributed by atoms with Gasteiger partial charge in [-0.15, -0.1) is 0 Å². The highest BCUT2D eigenvalue weighted by Crippen LogP contribution is 2.43. The van der Waals surface area contributed by atoms with Gasteiger partial charge in [0.15, 0.2) is 0 Å². The summed E-state index contributed by atoms with van der Waals surface area (Å²) in [5.41, 5.74) is 2.23. The predicted octanol–water partition coefficient (Wildman–Crippen LogP) is 3.17. The predicted molar refractivity (Wildman–Crippen MR) is 74.2 cm³/mol. The van der Waals surface area contributed by atoms with E-state index in [-0.39, 0.29) is 5.41 Å². The average Bonchev–Trinajstić information content (AvgIpc) is 2.33. The minimum Gasteiger partial charge on any atom is -0.310 e. The molecular formula is C16H20N2. The van der Waals surface area contributed by atoms with Gasteiger partial charge in [0.2, 0.25) is 0 Å². The first-order chi connectivity index (χ1) is 8.66. The van der Waals surface area contributed by atoms with Gasteiger partial charge in [-0.3, -0.25) is 0 Å². The second-order valence-corrected chi connectivity index (χ2v) is 5.35. The zero-order chi connectivity index (χ0) is 13.0. The van der Waals surface area contributed by atoms with Crippen molar-refractivity contribution in [1.29, 1.82) is 5.26 Å². The Labute approximate surface area is 109 Å². The fraction of sp³-hybridized carbons (Fsp3) is 0.438. The molecule has 1 aromatic carbocycles. The molecule has 0 bridgehead atoms. The number of hydrogen-bond donors (Lipinski definition) is 1. The summed E-state index contributed by atoms with van der Waals surface area (Å²) in [6, 6.07) is 13.1. The van der Waals surface area contributed by atoms with Crippen LogP contribution in [0.1, 0.15) is 32.3 Å². The van der Waals surface area contributed by atoms with Crippen LogP contribution in [0.3, 0.4) is 0 Å². The number of nitrogens with one attached hydrogen (secondary N) is 1. The first-order valence-corrected chi connectivity index (χ1v) is 6.50. The molecule has 18 heavy (non-hydrogen) atoms. The minimum absolute atomic E-state index is 0.260. The van der Waals surface area contributed by atoms with E-state index in [9.17, 15) is 5.26 Å². The molecule has 0 heterocycles. The molecule has 0 aromatic heterocycles. The summed E-state index contributed by atoms with van der Waals surface area (Å²) in [5.74, 6) is 0. The van der Waals surface area contributed by atoms with Gasteiger partial charge in [0.25, 0.3) is 0 Å². The lowest BCUT2D eigenvalue weighted by molar-refractivity contribution is 0.232. The minimum atomic E-state index is -0.260. The van der Waals surface area contributed by atoms with Gasteiger partial charge in [-0.2, -0.15) is 5.26 Å². The lowest BCUT2D eigenvalue weighted by atomic mass is 9.62. The highest BCUT2D eigenvalue weighted by Gasteiger charge is 2.45. The Hall–Kier alpha value is -1.59. The molecule has 1 aliphatic rings. The van der Waals surface area contributed by atoms with E-state index >= 15 is 0 Å². The van der Waals surface area contributed by atoms with E-state index in [1.165, 1.54) is 5.57 Å².